The Morgan fingerprint density at radius 2 is 1.83 bits per heavy atom. The van der Waals surface area contributed by atoms with Crippen LogP contribution in [-0.4, -0.2) is 34.6 Å². The number of halogens is 1. The average molecular weight is 347 g/mol. The molecule has 1 aromatic carbocycles. The number of hydrogen-bond acceptors (Lipinski definition) is 4. The van der Waals surface area contributed by atoms with E-state index in [1.165, 1.54) is 26.0 Å². The number of carboxylic acids is 1. The summed E-state index contributed by atoms with van der Waals surface area (Å²) in [5.41, 5.74) is 0. The van der Waals surface area contributed by atoms with Gasteiger partial charge in [0.1, 0.15) is 11.6 Å². The SMILES string of the molecule is CC(CNC(=O)C(C)CP(=O)(O)Oc1ccc(F)cc1)C(=O)O. The van der Waals surface area contributed by atoms with Gasteiger partial charge in [0, 0.05) is 12.5 Å². The number of amides is 1. The highest BCUT2D eigenvalue weighted by Crippen LogP contribution is 2.44. The second-order valence-electron chi connectivity index (χ2n) is 5.25. The molecule has 0 radical (unpaired) electrons. The molecule has 3 N–H and O–H groups in total. The molecule has 1 aromatic rings. The molecule has 3 atom stereocenters. The summed E-state index contributed by atoms with van der Waals surface area (Å²) in [4.78, 5) is 32.2. The first-order valence-electron chi connectivity index (χ1n) is 6.88. The van der Waals surface area contributed by atoms with Crippen LogP contribution in [0.25, 0.3) is 0 Å². The highest BCUT2D eigenvalue weighted by Gasteiger charge is 2.28. The third-order valence-corrected chi connectivity index (χ3v) is 4.52. The number of hydrogen-bond donors (Lipinski definition) is 3. The smallest absolute Gasteiger partial charge is 0.377 e. The average Bonchev–Trinajstić information content (AvgIpc) is 2.45. The van der Waals surface area contributed by atoms with E-state index in [0.717, 1.165) is 12.1 Å². The van der Waals surface area contributed by atoms with E-state index in [4.69, 9.17) is 9.63 Å². The number of carboxylic acid groups (broad SMARTS) is 1. The van der Waals surface area contributed by atoms with Crippen molar-refractivity contribution in [3.05, 3.63) is 30.1 Å². The van der Waals surface area contributed by atoms with Crippen LogP contribution in [0.2, 0.25) is 0 Å². The zero-order chi connectivity index (χ0) is 17.6. The van der Waals surface area contributed by atoms with Gasteiger partial charge < -0.3 is 19.8 Å². The molecule has 0 saturated heterocycles. The first kappa shape index (κ1) is 19.1. The highest BCUT2D eigenvalue weighted by atomic mass is 31.2. The lowest BCUT2D eigenvalue weighted by Gasteiger charge is -2.18. The molecule has 1 rings (SSSR count). The van der Waals surface area contributed by atoms with Gasteiger partial charge in [0.25, 0.3) is 0 Å². The molecule has 0 heterocycles. The van der Waals surface area contributed by atoms with Crippen molar-refractivity contribution in [2.45, 2.75) is 13.8 Å². The molecule has 9 heteroatoms. The van der Waals surface area contributed by atoms with Crippen molar-refractivity contribution < 1.29 is 33.1 Å². The molecule has 0 aliphatic rings. The van der Waals surface area contributed by atoms with E-state index in [2.05, 4.69) is 5.32 Å². The number of benzene rings is 1. The first-order chi connectivity index (χ1) is 10.6. The van der Waals surface area contributed by atoms with Gasteiger partial charge in [-0.25, -0.2) is 8.96 Å². The summed E-state index contributed by atoms with van der Waals surface area (Å²) in [7, 11) is -4.11. The Hall–Kier alpha value is -1.92. The van der Waals surface area contributed by atoms with Crippen LogP contribution in [0.15, 0.2) is 24.3 Å². The Labute approximate surface area is 133 Å². The minimum absolute atomic E-state index is 0.0179. The van der Waals surface area contributed by atoms with Gasteiger partial charge in [-0.2, -0.15) is 0 Å². The van der Waals surface area contributed by atoms with Crippen LogP contribution in [0, 0.1) is 17.7 Å². The van der Waals surface area contributed by atoms with E-state index in [-0.39, 0.29) is 12.3 Å². The quantitative estimate of drug-likeness (QED) is 0.619. The Balaban J connectivity index is 2.55. The van der Waals surface area contributed by atoms with Crippen LogP contribution in [0.4, 0.5) is 4.39 Å². The predicted octanol–water partition coefficient (Wildman–Crippen LogP) is 1.86. The molecule has 0 aromatic heterocycles. The maximum absolute atomic E-state index is 12.8. The van der Waals surface area contributed by atoms with E-state index in [1.54, 1.807) is 0 Å². The van der Waals surface area contributed by atoms with E-state index in [0.29, 0.717) is 0 Å². The van der Waals surface area contributed by atoms with Crippen LogP contribution in [0.5, 0.6) is 5.75 Å². The van der Waals surface area contributed by atoms with Gasteiger partial charge in [-0.05, 0) is 24.3 Å². The van der Waals surface area contributed by atoms with Crippen molar-refractivity contribution in [2.75, 3.05) is 12.7 Å². The molecule has 1 amide bonds. The third kappa shape index (κ3) is 6.80. The maximum atomic E-state index is 12.8. The summed E-state index contributed by atoms with van der Waals surface area (Å²) in [5.74, 6) is -3.70. The Morgan fingerprint density at radius 3 is 2.35 bits per heavy atom. The molecular formula is C14H19FNO6P. The largest absolute Gasteiger partial charge is 0.481 e. The number of aliphatic carboxylic acids is 1. The molecule has 0 spiro atoms. The molecule has 0 saturated carbocycles. The molecule has 3 unspecified atom stereocenters. The maximum Gasteiger partial charge on any atom is 0.377 e. The van der Waals surface area contributed by atoms with Crippen LogP contribution in [0.1, 0.15) is 13.8 Å². The van der Waals surface area contributed by atoms with Gasteiger partial charge in [0.05, 0.1) is 12.1 Å². The van der Waals surface area contributed by atoms with Gasteiger partial charge in [-0.15, -0.1) is 0 Å². The lowest BCUT2D eigenvalue weighted by Crippen LogP contribution is -2.36. The fourth-order valence-corrected chi connectivity index (χ4v) is 3.03. The van der Waals surface area contributed by atoms with Crippen LogP contribution < -0.4 is 9.84 Å². The van der Waals surface area contributed by atoms with Crippen molar-refractivity contribution in [1.29, 1.82) is 0 Å². The predicted molar refractivity (Wildman–Crippen MR) is 80.7 cm³/mol. The van der Waals surface area contributed by atoms with Crippen molar-refractivity contribution in [1.82, 2.24) is 5.32 Å². The van der Waals surface area contributed by atoms with E-state index in [9.17, 15) is 23.4 Å². The molecule has 0 bridgehead atoms. The standard InChI is InChI=1S/C14H19FNO6P/c1-9(14(18)19)7-16-13(17)10(2)8-23(20,21)22-12-5-3-11(15)4-6-12/h3-6,9-10H,7-8H2,1-2H3,(H,16,17)(H,18,19)(H,20,21). The van der Waals surface area contributed by atoms with E-state index < -0.39 is 43.3 Å². The summed E-state index contributed by atoms with van der Waals surface area (Å²) in [6.45, 7) is 2.78. The van der Waals surface area contributed by atoms with Crippen molar-refractivity contribution in [3.63, 3.8) is 0 Å². The topological polar surface area (TPSA) is 113 Å². The zero-order valence-corrected chi connectivity index (χ0v) is 13.6. The Bertz CT molecular complexity index is 606. The van der Waals surface area contributed by atoms with Crippen molar-refractivity contribution in [3.8, 4) is 5.75 Å². The Kier molecular flexibility index (Phi) is 6.72. The summed E-state index contributed by atoms with van der Waals surface area (Å²) >= 11 is 0. The second-order valence-corrected chi connectivity index (χ2v) is 7.07. The van der Waals surface area contributed by atoms with E-state index >= 15 is 0 Å². The number of carbonyl (C=O) groups excluding carboxylic acids is 1. The number of rotatable bonds is 8. The minimum atomic E-state index is -4.11. The fourth-order valence-electron chi connectivity index (χ4n) is 1.64. The van der Waals surface area contributed by atoms with Crippen molar-refractivity contribution in [2.24, 2.45) is 11.8 Å². The van der Waals surface area contributed by atoms with Crippen molar-refractivity contribution >= 4 is 19.5 Å². The fraction of sp³-hybridized carbons (Fsp3) is 0.429. The third-order valence-electron chi connectivity index (χ3n) is 3.02. The summed E-state index contributed by atoms with van der Waals surface area (Å²) in [6.07, 6.45) is -0.447. The molecule has 128 valence electrons. The van der Waals surface area contributed by atoms with Gasteiger partial charge in [-0.3, -0.25) is 9.59 Å². The second kappa shape index (κ2) is 8.08. The molecule has 0 fully saturated rings. The minimum Gasteiger partial charge on any atom is -0.481 e. The molecular weight excluding hydrogens is 328 g/mol. The lowest BCUT2D eigenvalue weighted by molar-refractivity contribution is -0.141. The zero-order valence-electron chi connectivity index (χ0n) is 12.7. The highest BCUT2D eigenvalue weighted by molar-refractivity contribution is 7.53. The van der Waals surface area contributed by atoms with E-state index in [1.807, 2.05) is 0 Å². The molecule has 7 nitrogen and oxygen atoms in total. The van der Waals surface area contributed by atoms with Gasteiger partial charge in [-0.1, -0.05) is 13.8 Å². The summed E-state index contributed by atoms with van der Waals surface area (Å²) in [5, 5.41) is 11.1. The first-order valence-corrected chi connectivity index (χ1v) is 8.64. The molecule has 23 heavy (non-hydrogen) atoms. The molecule has 0 aliphatic heterocycles. The summed E-state index contributed by atoms with van der Waals surface area (Å²) < 4.78 is 29.7. The van der Waals surface area contributed by atoms with Gasteiger partial charge in [0.15, 0.2) is 0 Å². The molecule has 0 aliphatic carbocycles. The Morgan fingerprint density at radius 1 is 1.26 bits per heavy atom. The van der Waals surface area contributed by atoms with Crippen LogP contribution >= 0.6 is 7.60 Å². The van der Waals surface area contributed by atoms with Gasteiger partial charge >= 0.3 is 13.6 Å². The number of carbonyl (C=O) groups is 2. The lowest BCUT2D eigenvalue weighted by atomic mass is 10.1. The van der Waals surface area contributed by atoms with Crippen LogP contribution in [-0.2, 0) is 14.2 Å². The summed E-state index contributed by atoms with van der Waals surface area (Å²) in [6, 6.07) is 4.58. The normalized spacial score (nSPS) is 16.0. The van der Waals surface area contributed by atoms with Gasteiger partial charge in [0.2, 0.25) is 5.91 Å². The number of nitrogens with one attached hydrogen (secondary N) is 1. The van der Waals surface area contributed by atoms with Crippen LogP contribution in [0.3, 0.4) is 0 Å². The monoisotopic (exact) mass is 347 g/mol.